The second-order valence-electron chi connectivity index (χ2n) is 8.08. The lowest BCUT2D eigenvalue weighted by Gasteiger charge is -2.17. The van der Waals surface area contributed by atoms with Crippen LogP contribution in [0.3, 0.4) is 0 Å². The summed E-state index contributed by atoms with van der Waals surface area (Å²) in [5.41, 5.74) is 3.38. The van der Waals surface area contributed by atoms with E-state index in [9.17, 15) is 14.0 Å². The van der Waals surface area contributed by atoms with E-state index in [0.29, 0.717) is 46.5 Å². The lowest BCUT2D eigenvalue weighted by Crippen LogP contribution is -2.21. The molecular weight excluding hydrogens is 433 g/mol. The molecule has 3 aromatic rings. The van der Waals surface area contributed by atoms with Crippen LogP contribution in [0.4, 0.5) is 10.1 Å². The van der Waals surface area contributed by atoms with Crippen LogP contribution in [-0.4, -0.2) is 35.3 Å². The molecule has 0 saturated heterocycles. The Morgan fingerprint density at radius 3 is 2.78 bits per heavy atom. The summed E-state index contributed by atoms with van der Waals surface area (Å²) in [4.78, 5) is 25.4. The van der Waals surface area contributed by atoms with E-state index in [2.05, 4.69) is 15.2 Å². The summed E-state index contributed by atoms with van der Waals surface area (Å²) >= 11 is 6.46. The molecule has 0 spiro atoms. The van der Waals surface area contributed by atoms with Crippen LogP contribution in [0.5, 0.6) is 0 Å². The second kappa shape index (κ2) is 8.06. The van der Waals surface area contributed by atoms with Crippen molar-refractivity contribution in [2.75, 3.05) is 19.0 Å². The molecule has 1 saturated carbocycles. The summed E-state index contributed by atoms with van der Waals surface area (Å²) in [6, 6.07) is 9.60. The molecule has 0 radical (unpaired) electrons. The Bertz CT molecular complexity index is 1250. The lowest BCUT2D eigenvalue weighted by atomic mass is 10.0. The van der Waals surface area contributed by atoms with Gasteiger partial charge in [0.15, 0.2) is 0 Å². The smallest absolute Gasteiger partial charge is 0.337 e. The van der Waals surface area contributed by atoms with Gasteiger partial charge in [0.2, 0.25) is 0 Å². The molecule has 0 amide bonds. The lowest BCUT2D eigenvalue weighted by molar-refractivity contribution is 0.0600. The van der Waals surface area contributed by atoms with Crippen LogP contribution < -0.4 is 5.32 Å². The summed E-state index contributed by atoms with van der Waals surface area (Å²) in [7, 11) is 1.24. The van der Waals surface area contributed by atoms with Crippen LogP contribution in [0.1, 0.15) is 57.2 Å². The SMILES string of the molecule is COC(=O)c1ccc(-c2nn(C(=O)c3c(Cl)cccc3C3CC3)c3c2NCCC3)c(F)c1. The Morgan fingerprint density at radius 1 is 1.25 bits per heavy atom. The number of carbonyl (C=O) groups is 2. The van der Waals surface area contributed by atoms with Crippen LogP contribution in [0.15, 0.2) is 36.4 Å². The van der Waals surface area contributed by atoms with Gasteiger partial charge in [-0.25, -0.2) is 9.18 Å². The van der Waals surface area contributed by atoms with Gasteiger partial charge in [-0.05, 0) is 61.4 Å². The minimum Gasteiger partial charge on any atom is -0.465 e. The quantitative estimate of drug-likeness (QED) is 0.559. The molecule has 5 rings (SSSR count). The van der Waals surface area contributed by atoms with Crippen molar-refractivity contribution in [3.05, 3.63) is 69.6 Å². The summed E-state index contributed by atoms with van der Waals surface area (Å²) in [5, 5.41) is 8.21. The number of carbonyl (C=O) groups excluding carboxylic acids is 2. The van der Waals surface area contributed by atoms with Gasteiger partial charge in [-0.3, -0.25) is 4.79 Å². The number of methoxy groups -OCH3 is 1. The van der Waals surface area contributed by atoms with E-state index in [1.807, 2.05) is 12.1 Å². The molecule has 1 fully saturated rings. The maximum atomic E-state index is 15.0. The largest absolute Gasteiger partial charge is 0.465 e. The zero-order valence-electron chi connectivity index (χ0n) is 17.5. The third kappa shape index (κ3) is 3.46. The molecule has 1 aliphatic heterocycles. The van der Waals surface area contributed by atoms with E-state index >= 15 is 0 Å². The highest BCUT2D eigenvalue weighted by molar-refractivity contribution is 6.34. The Labute approximate surface area is 189 Å². The van der Waals surface area contributed by atoms with Crippen molar-refractivity contribution in [3.8, 4) is 11.3 Å². The van der Waals surface area contributed by atoms with E-state index in [-0.39, 0.29) is 17.0 Å². The number of halogens is 2. The number of nitrogens with zero attached hydrogens (tertiary/aromatic N) is 2. The number of hydrogen-bond acceptors (Lipinski definition) is 5. The fraction of sp³-hybridized carbons (Fsp3) is 0.292. The van der Waals surface area contributed by atoms with Crippen LogP contribution >= 0.6 is 11.6 Å². The topological polar surface area (TPSA) is 73.2 Å². The molecule has 164 valence electrons. The molecule has 8 heteroatoms. The predicted octanol–water partition coefficient (Wildman–Crippen LogP) is 5.05. The van der Waals surface area contributed by atoms with Crippen molar-refractivity contribution >= 4 is 29.2 Å². The van der Waals surface area contributed by atoms with Crippen LogP contribution in [-0.2, 0) is 11.2 Å². The molecule has 2 heterocycles. The van der Waals surface area contributed by atoms with Crippen LogP contribution in [0.25, 0.3) is 11.3 Å². The Hall–Kier alpha value is -3.19. The van der Waals surface area contributed by atoms with E-state index in [0.717, 1.165) is 30.9 Å². The van der Waals surface area contributed by atoms with Crippen molar-refractivity contribution in [2.24, 2.45) is 0 Å². The van der Waals surface area contributed by atoms with Gasteiger partial charge in [0.05, 0.1) is 34.6 Å². The number of anilines is 1. The molecule has 32 heavy (non-hydrogen) atoms. The minimum absolute atomic E-state index is 0.108. The average molecular weight is 454 g/mol. The predicted molar refractivity (Wildman–Crippen MR) is 119 cm³/mol. The van der Waals surface area contributed by atoms with Crippen molar-refractivity contribution < 1.29 is 18.7 Å². The Balaban J connectivity index is 1.63. The molecule has 1 N–H and O–H groups in total. The van der Waals surface area contributed by atoms with Crippen molar-refractivity contribution in [1.82, 2.24) is 9.78 Å². The first-order valence-electron chi connectivity index (χ1n) is 10.6. The molecule has 1 aliphatic carbocycles. The van der Waals surface area contributed by atoms with Gasteiger partial charge in [-0.2, -0.15) is 9.78 Å². The number of esters is 1. The standard InChI is InChI=1S/C24H21ClFN3O3/c1-32-24(31)14-9-10-16(18(26)12-14)21-22-19(6-3-11-27-22)29(28-21)23(30)20-15(13-7-8-13)4-2-5-17(20)25/h2,4-5,9-10,12-13,27H,3,6-8,11H2,1H3. The van der Waals surface area contributed by atoms with Gasteiger partial charge in [-0.15, -0.1) is 0 Å². The molecule has 1 aromatic heterocycles. The van der Waals surface area contributed by atoms with E-state index in [4.69, 9.17) is 11.6 Å². The highest BCUT2D eigenvalue weighted by Crippen LogP contribution is 2.44. The van der Waals surface area contributed by atoms with Gasteiger partial charge in [0.25, 0.3) is 5.91 Å². The first-order chi connectivity index (χ1) is 15.5. The van der Waals surface area contributed by atoms with Crippen LogP contribution in [0.2, 0.25) is 5.02 Å². The monoisotopic (exact) mass is 453 g/mol. The zero-order valence-corrected chi connectivity index (χ0v) is 18.2. The fourth-order valence-electron chi connectivity index (χ4n) is 4.25. The number of fused-ring (bicyclic) bond motifs is 1. The van der Waals surface area contributed by atoms with Gasteiger partial charge < -0.3 is 10.1 Å². The fourth-order valence-corrected chi connectivity index (χ4v) is 4.52. The highest BCUT2D eigenvalue weighted by Gasteiger charge is 2.33. The van der Waals surface area contributed by atoms with E-state index < -0.39 is 11.8 Å². The normalized spacial score (nSPS) is 15.1. The van der Waals surface area contributed by atoms with Crippen molar-refractivity contribution in [1.29, 1.82) is 0 Å². The number of aromatic nitrogens is 2. The second-order valence-corrected chi connectivity index (χ2v) is 8.49. The van der Waals surface area contributed by atoms with Gasteiger partial charge in [0, 0.05) is 12.1 Å². The summed E-state index contributed by atoms with van der Waals surface area (Å²) in [6.45, 7) is 0.696. The number of ether oxygens (including phenoxy) is 1. The molecule has 0 atom stereocenters. The van der Waals surface area contributed by atoms with Gasteiger partial charge in [-0.1, -0.05) is 23.7 Å². The highest BCUT2D eigenvalue weighted by atomic mass is 35.5. The maximum absolute atomic E-state index is 15.0. The van der Waals surface area contributed by atoms with E-state index in [1.165, 1.54) is 23.9 Å². The zero-order chi connectivity index (χ0) is 22.4. The summed E-state index contributed by atoms with van der Waals surface area (Å²) < 4.78 is 21.0. The average Bonchev–Trinajstić information content (AvgIpc) is 3.58. The minimum atomic E-state index is -0.623. The number of benzene rings is 2. The third-order valence-corrected chi connectivity index (χ3v) is 6.30. The Morgan fingerprint density at radius 2 is 2.06 bits per heavy atom. The van der Waals surface area contributed by atoms with Crippen molar-refractivity contribution in [2.45, 2.75) is 31.6 Å². The maximum Gasteiger partial charge on any atom is 0.337 e. The molecule has 0 bridgehead atoms. The number of hydrogen-bond donors (Lipinski definition) is 1. The van der Waals surface area contributed by atoms with E-state index in [1.54, 1.807) is 6.07 Å². The number of nitrogens with one attached hydrogen (secondary N) is 1. The first kappa shape index (κ1) is 20.7. The first-order valence-corrected chi connectivity index (χ1v) is 10.9. The molecular formula is C24H21ClFN3O3. The summed E-state index contributed by atoms with van der Waals surface area (Å²) in [5.74, 6) is -1.21. The third-order valence-electron chi connectivity index (χ3n) is 5.99. The number of rotatable bonds is 4. The van der Waals surface area contributed by atoms with Crippen LogP contribution in [0, 0.1) is 5.82 Å². The van der Waals surface area contributed by atoms with Gasteiger partial charge >= 0.3 is 5.97 Å². The molecule has 6 nitrogen and oxygen atoms in total. The molecule has 2 aliphatic rings. The Kier molecular flexibility index (Phi) is 5.21. The summed E-state index contributed by atoms with van der Waals surface area (Å²) in [6.07, 6.45) is 3.52. The molecule has 2 aromatic carbocycles. The van der Waals surface area contributed by atoms with Crippen molar-refractivity contribution in [3.63, 3.8) is 0 Å². The van der Waals surface area contributed by atoms with Gasteiger partial charge in [0.1, 0.15) is 11.5 Å². The molecule has 0 unspecified atom stereocenters.